The number of amides is 2. The number of aromatic nitrogens is 1. The summed E-state index contributed by atoms with van der Waals surface area (Å²) in [6.07, 6.45) is 1.88. The lowest BCUT2D eigenvalue weighted by Gasteiger charge is -2.18. The monoisotopic (exact) mass is 379 g/mol. The quantitative estimate of drug-likeness (QED) is 0.742. The number of hydrogen-bond donors (Lipinski definition) is 1. The third-order valence-corrected chi connectivity index (χ3v) is 5.09. The van der Waals surface area contributed by atoms with Crippen LogP contribution >= 0.6 is 11.6 Å². The Morgan fingerprint density at radius 3 is 2.89 bits per heavy atom. The van der Waals surface area contributed by atoms with Crippen LogP contribution in [0.25, 0.3) is 10.9 Å². The summed E-state index contributed by atoms with van der Waals surface area (Å²) < 4.78 is 0. The number of para-hydroxylation sites is 1. The first-order valence-electron chi connectivity index (χ1n) is 8.74. The van der Waals surface area contributed by atoms with Crippen molar-refractivity contribution in [2.45, 2.75) is 13.3 Å². The van der Waals surface area contributed by atoms with Crippen LogP contribution in [0.1, 0.15) is 12.0 Å². The number of nitrogens with one attached hydrogen (secondary N) is 1. The summed E-state index contributed by atoms with van der Waals surface area (Å²) >= 11 is 6.02. The van der Waals surface area contributed by atoms with Gasteiger partial charge in [-0.1, -0.05) is 35.9 Å². The van der Waals surface area contributed by atoms with Crippen molar-refractivity contribution in [2.75, 3.05) is 16.8 Å². The molecule has 1 unspecified atom stereocenters. The Balaban J connectivity index is 1.57. The predicted octanol–water partition coefficient (Wildman–Crippen LogP) is 4.19. The average Bonchev–Trinajstić information content (AvgIpc) is 3.06. The molecule has 2 heterocycles. The van der Waals surface area contributed by atoms with Crippen LogP contribution in [-0.4, -0.2) is 23.3 Å². The molecule has 0 spiro atoms. The predicted molar refractivity (Wildman–Crippen MR) is 107 cm³/mol. The van der Waals surface area contributed by atoms with Gasteiger partial charge in [-0.25, -0.2) is 0 Å². The molecule has 0 radical (unpaired) electrons. The second-order valence-electron chi connectivity index (χ2n) is 6.71. The molecule has 27 heavy (non-hydrogen) atoms. The van der Waals surface area contributed by atoms with Crippen LogP contribution in [0.2, 0.25) is 5.02 Å². The number of benzene rings is 2. The zero-order valence-corrected chi connectivity index (χ0v) is 15.5. The van der Waals surface area contributed by atoms with Gasteiger partial charge in [0.1, 0.15) is 0 Å². The van der Waals surface area contributed by atoms with Crippen LogP contribution in [0, 0.1) is 12.8 Å². The van der Waals surface area contributed by atoms with Gasteiger partial charge in [-0.05, 0) is 36.8 Å². The van der Waals surface area contributed by atoms with Crippen LogP contribution in [0.5, 0.6) is 0 Å². The van der Waals surface area contributed by atoms with Gasteiger partial charge in [0.15, 0.2) is 0 Å². The van der Waals surface area contributed by atoms with E-state index in [0.717, 1.165) is 22.2 Å². The minimum atomic E-state index is -0.421. The first kappa shape index (κ1) is 17.5. The molecule has 3 aromatic rings. The van der Waals surface area contributed by atoms with E-state index in [2.05, 4.69) is 10.3 Å². The Hall–Kier alpha value is -2.92. The number of anilines is 2. The second-order valence-corrected chi connectivity index (χ2v) is 7.14. The van der Waals surface area contributed by atoms with Gasteiger partial charge in [0.05, 0.1) is 17.1 Å². The Labute approximate surface area is 162 Å². The number of rotatable bonds is 3. The summed E-state index contributed by atoms with van der Waals surface area (Å²) in [5, 5.41) is 4.43. The molecular formula is C21H18ClN3O2. The number of pyridine rings is 1. The van der Waals surface area contributed by atoms with Gasteiger partial charge < -0.3 is 10.2 Å². The van der Waals surface area contributed by atoms with Gasteiger partial charge in [0, 0.05) is 35.3 Å². The summed E-state index contributed by atoms with van der Waals surface area (Å²) in [6, 6.07) is 14.9. The van der Waals surface area contributed by atoms with Gasteiger partial charge in [-0.3, -0.25) is 14.6 Å². The summed E-state index contributed by atoms with van der Waals surface area (Å²) in [5.74, 6) is -0.671. The zero-order chi connectivity index (χ0) is 19.0. The van der Waals surface area contributed by atoms with E-state index in [1.165, 1.54) is 0 Å². The topological polar surface area (TPSA) is 62.3 Å². The maximum absolute atomic E-state index is 12.7. The normalized spacial score (nSPS) is 16.7. The fourth-order valence-electron chi connectivity index (χ4n) is 3.39. The van der Waals surface area contributed by atoms with Crippen molar-refractivity contribution in [2.24, 2.45) is 5.92 Å². The maximum Gasteiger partial charge on any atom is 0.229 e. The number of nitrogens with zero attached hydrogens (tertiary/aromatic N) is 2. The molecular weight excluding hydrogens is 362 g/mol. The number of carbonyl (C=O) groups is 2. The van der Waals surface area contributed by atoms with E-state index < -0.39 is 5.92 Å². The van der Waals surface area contributed by atoms with E-state index >= 15 is 0 Å². The molecule has 0 aliphatic carbocycles. The molecule has 1 atom stereocenters. The van der Waals surface area contributed by atoms with Crippen LogP contribution in [0.3, 0.4) is 0 Å². The van der Waals surface area contributed by atoms with Crippen molar-refractivity contribution in [1.82, 2.24) is 4.98 Å². The molecule has 1 N–H and O–H groups in total. The van der Waals surface area contributed by atoms with Crippen molar-refractivity contribution in [1.29, 1.82) is 0 Å². The van der Waals surface area contributed by atoms with Crippen molar-refractivity contribution < 1.29 is 9.59 Å². The van der Waals surface area contributed by atoms with Gasteiger partial charge in [0.25, 0.3) is 0 Å². The van der Waals surface area contributed by atoms with E-state index in [9.17, 15) is 9.59 Å². The molecule has 5 nitrogen and oxygen atoms in total. The third-order valence-electron chi connectivity index (χ3n) is 4.86. The molecule has 1 saturated heterocycles. The molecule has 1 aliphatic rings. The van der Waals surface area contributed by atoms with Crippen LogP contribution in [0.15, 0.2) is 54.7 Å². The number of fused-ring (bicyclic) bond motifs is 1. The number of halogens is 1. The molecule has 136 valence electrons. The van der Waals surface area contributed by atoms with Crippen molar-refractivity contribution in [3.8, 4) is 0 Å². The molecule has 4 rings (SSSR count). The molecule has 2 amide bonds. The highest BCUT2D eigenvalue weighted by molar-refractivity contribution is 6.31. The molecule has 0 bridgehead atoms. The summed E-state index contributed by atoms with van der Waals surface area (Å²) in [6.45, 7) is 2.24. The number of hydrogen-bond acceptors (Lipinski definition) is 3. The summed E-state index contributed by atoms with van der Waals surface area (Å²) in [4.78, 5) is 31.4. The summed E-state index contributed by atoms with van der Waals surface area (Å²) in [5.41, 5.74) is 3.10. The highest BCUT2D eigenvalue weighted by atomic mass is 35.5. The smallest absolute Gasteiger partial charge is 0.229 e. The van der Waals surface area contributed by atoms with Gasteiger partial charge in [-0.2, -0.15) is 0 Å². The maximum atomic E-state index is 12.7. The van der Waals surface area contributed by atoms with E-state index in [1.54, 1.807) is 23.2 Å². The average molecular weight is 380 g/mol. The fourth-order valence-corrected chi connectivity index (χ4v) is 3.56. The highest BCUT2D eigenvalue weighted by Crippen LogP contribution is 2.31. The molecule has 1 aromatic heterocycles. The first-order valence-corrected chi connectivity index (χ1v) is 9.12. The van der Waals surface area contributed by atoms with Crippen molar-refractivity contribution in [3.05, 3.63) is 65.3 Å². The molecule has 1 fully saturated rings. The van der Waals surface area contributed by atoms with Crippen LogP contribution < -0.4 is 10.2 Å². The summed E-state index contributed by atoms with van der Waals surface area (Å²) in [7, 11) is 0. The van der Waals surface area contributed by atoms with E-state index in [-0.39, 0.29) is 18.2 Å². The fraction of sp³-hybridized carbons (Fsp3) is 0.190. The Kier molecular flexibility index (Phi) is 4.54. The number of aryl methyl sites for hydroxylation is 1. The Bertz CT molecular complexity index is 1050. The lowest BCUT2D eigenvalue weighted by molar-refractivity contribution is -0.122. The van der Waals surface area contributed by atoms with Crippen molar-refractivity contribution in [3.63, 3.8) is 0 Å². The number of carbonyl (C=O) groups excluding carboxylic acids is 2. The lowest BCUT2D eigenvalue weighted by atomic mass is 10.1. The van der Waals surface area contributed by atoms with Crippen LogP contribution in [-0.2, 0) is 9.59 Å². The van der Waals surface area contributed by atoms with E-state index in [1.807, 2.05) is 43.3 Å². The minimum absolute atomic E-state index is 0.0730. The zero-order valence-electron chi connectivity index (χ0n) is 14.8. The molecule has 1 aliphatic heterocycles. The van der Waals surface area contributed by atoms with Gasteiger partial charge in [-0.15, -0.1) is 0 Å². The van der Waals surface area contributed by atoms with E-state index in [4.69, 9.17) is 11.6 Å². The molecule has 2 aromatic carbocycles. The van der Waals surface area contributed by atoms with Gasteiger partial charge in [0.2, 0.25) is 11.8 Å². The minimum Gasteiger partial charge on any atom is -0.325 e. The molecule has 6 heteroatoms. The van der Waals surface area contributed by atoms with E-state index in [0.29, 0.717) is 17.3 Å². The Morgan fingerprint density at radius 2 is 2.04 bits per heavy atom. The third kappa shape index (κ3) is 3.38. The molecule has 0 saturated carbocycles. The standard InChI is InChI=1S/C21H18ClN3O2/c1-13-7-8-16(22)11-17(13)24-21(27)15-10-19(26)25(12-15)18-6-2-4-14-5-3-9-23-20(14)18/h2-9,11,15H,10,12H2,1H3,(H,24,27). The highest BCUT2D eigenvalue weighted by Gasteiger charge is 2.36. The lowest BCUT2D eigenvalue weighted by Crippen LogP contribution is -2.28. The van der Waals surface area contributed by atoms with Gasteiger partial charge >= 0.3 is 0 Å². The SMILES string of the molecule is Cc1ccc(Cl)cc1NC(=O)C1CC(=O)N(c2cccc3cccnc23)C1. The second kappa shape index (κ2) is 7.00. The van der Waals surface area contributed by atoms with Crippen molar-refractivity contribution >= 4 is 45.7 Å². The largest absolute Gasteiger partial charge is 0.325 e. The first-order chi connectivity index (χ1) is 13.0. The Morgan fingerprint density at radius 1 is 1.22 bits per heavy atom. The van der Waals surface area contributed by atoms with Crippen LogP contribution in [0.4, 0.5) is 11.4 Å².